The highest BCUT2D eigenvalue weighted by atomic mass is 16.1. The number of amides is 1. The molecule has 0 spiro atoms. The van der Waals surface area contributed by atoms with E-state index in [0.717, 1.165) is 45.3 Å². The predicted molar refractivity (Wildman–Crippen MR) is 76.9 cm³/mol. The number of nitrogens with zero attached hydrogens (tertiary/aromatic N) is 2. The number of likely N-dealkylation sites (N-methyl/N-ethyl adjacent to an activating group) is 1. The monoisotopic (exact) mass is 268 g/mol. The minimum Gasteiger partial charge on any atom is -0.368 e. The first kappa shape index (κ1) is 14.8. The zero-order chi connectivity index (χ0) is 13.7. The van der Waals surface area contributed by atoms with Crippen LogP contribution in [0.25, 0.3) is 0 Å². The standard InChI is InChI=1S/C14H28N4O/c1-2-16-13(14(15)19)11-17-7-9-18(10-8-17)12-5-3-4-6-12/h12-13,16H,2-11H2,1H3,(H2,15,19). The molecule has 3 N–H and O–H groups in total. The summed E-state index contributed by atoms with van der Waals surface area (Å²) in [6, 6.07) is 0.617. The topological polar surface area (TPSA) is 61.6 Å². The van der Waals surface area contributed by atoms with Gasteiger partial charge < -0.3 is 11.1 Å². The van der Waals surface area contributed by atoms with Crippen molar-refractivity contribution in [2.75, 3.05) is 39.3 Å². The van der Waals surface area contributed by atoms with Crippen molar-refractivity contribution >= 4 is 5.91 Å². The van der Waals surface area contributed by atoms with Crippen LogP contribution in [0.1, 0.15) is 32.6 Å². The molecule has 5 nitrogen and oxygen atoms in total. The van der Waals surface area contributed by atoms with Crippen LogP contribution in [0.15, 0.2) is 0 Å². The Hall–Kier alpha value is -0.650. The molecule has 5 heteroatoms. The van der Waals surface area contributed by atoms with Gasteiger partial charge in [-0.15, -0.1) is 0 Å². The van der Waals surface area contributed by atoms with Gasteiger partial charge in [-0.25, -0.2) is 0 Å². The Kier molecular flexibility index (Phi) is 5.60. The van der Waals surface area contributed by atoms with Gasteiger partial charge in [-0.1, -0.05) is 19.8 Å². The van der Waals surface area contributed by atoms with Gasteiger partial charge in [-0.3, -0.25) is 14.6 Å². The second kappa shape index (κ2) is 7.22. The number of hydrogen-bond donors (Lipinski definition) is 2. The van der Waals surface area contributed by atoms with Crippen molar-refractivity contribution in [3.8, 4) is 0 Å². The summed E-state index contributed by atoms with van der Waals surface area (Å²) in [6.07, 6.45) is 5.55. The number of carbonyl (C=O) groups is 1. The molecular weight excluding hydrogens is 240 g/mol. The van der Waals surface area contributed by atoms with Gasteiger partial charge >= 0.3 is 0 Å². The Balaban J connectivity index is 1.74. The number of rotatable bonds is 6. The van der Waals surface area contributed by atoms with Crippen molar-refractivity contribution in [2.45, 2.75) is 44.7 Å². The van der Waals surface area contributed by atoms with Gasteiger partial charge in [0.05, 0.1) is 6.04 Å². The molecule has 0 bridgehead atoms. The average molecular weight is 268 g/mol. The Bertz CT molecular complexity index is 283. The molecule has 1 unspecified atom stereocenters. The Morgan fingerprint density at radius 1 is 1.26 bits per heavy atom. The highest BCUT2D eigenvalue weighted by Crippen LogP contribution is 2.24. The summed E-state index contributed by atoms with van der Waals surface area (Å²) < 4.78 is 0. The third-order valence-electron chi connectivity index (χ3n) is 4.48. The molecule has 110 valence electrons. The fourth-order valence-corrected chi connectivity index (χ4v) is 3.34. The van der Waals surface area contributed by atoms with E-state index < -0.39 is 0 Å². The van der Waals surface area contributed by atoms with E-state index in [1.54, 1.807) is 0 Å². The molecule has 19 heavy (non-hydrogen) atoms. The number of primary amides is 1. The molecular formula is C14H28N4O. The fraction of sp³-hybridized carbons (Fsp3) is 0.929. The molecule has 0 aromatic carbocycles. The Labute approximate surface area is 116 Å². The van der Waals surface area contributed by atoms with Crippen LogP contribution < -0.4 is 11.1 Å². The summed E-state index contributed by atoms with van der Waals surface area (Å²) in [4.78, 5) is 16.4. The second-order valence-electron chi connectivity index (χ2n) is 5.79. The zero-order valence-electron chi connectivity index (χ0n) is 12.1. The Morgan fingerprint density at radius 3 is 2.42 bits per heavy atom. The molecule has 1 heterocycles. The van der Waals surface area contributed by atoms with E-state index in [1.165, 1.54) is 25.7 Å². The first-order valence-electron chi connectivity index (χ1n) is 7.69. The molecule has 2 fully saturated rings. The summed E-state index contributed by atoms with van der Waals surface area (Å²) in [5.41, 5.74) is 5.43. The molecule has 0 radical (unpaired) electrons. The van der Waals surface area contributed by atoms with Crippen LogP contribution in [0.5, 0.6) is 0 Å². The maximum absolute atomic E-state index is 11.4. The first-order valence-corrected chi connectivity index (χ1v) is 7.69. The van der Waals surface area contributed by atoms with E-state index in [-0.39, 0.29) is 11.9 Å². The summed E-state index contributed by atoms with van der Waals surface area (Å²) >= 11 is 0. The minimum absolute atomic E-state index is 0.206. The molecule has 1 saturated heterocycles. The average Bonchev–Trinajstić information content (AvgIpc) is 2.93. The molecule has 1 aliphatic carbocycles. The maximum Gasteiger partial charge on any atom is 0.235 e. The SMILES string of the molecule is CCNC(CN1CCN(C2CCCC2)CC1)C(N)=O. The van der Waals surface area contributed by atoms with Gasteiger partial charge in [0.2, 0.25) is 5.91 Å². The van der Waals surface area contributed by atoms with Crippen LogP contribution >= 0.6 is 0 Å². The Morgan fingerprint density at radius 2 is 1.89 bits per heavy atom. The third kappa shape index (κ3) is 4.16. The van der Waals surface area contributed by atoms with Crippen LogP contribution in [0.2, 0.25) is 0 Å². The first-order chi connectivity index (χ1) is 9.20. The summed E-state index contributed by atoms with van der Waals surface area (Å²) in [5, 5.41) is 3.17. The highest BCUT2D eigenvalue weighted by molar-refractivity contribution is 5.80. The number of piperazine rings is 1. The van der Waals surface area contributed by atoms with Gasteiger partial charge in [0.25, 0.3) is 0 Å². The van der Waals surface area contributed by atoms with Crippen LogP contribution in [0.4, 0.5) is 0 Å². The van der Waals surface area contributed by atoms with Gasteiger partial charge in [-0.05, 0) is 19.4 Å². The maximum atomic E-state index is 11.4. The molecule has 0 aromatic rings. The van der Waals surface area contributed by atoms with Crippen LogP contribution in [0.3, 0.4) is 0 Å². The molecule has 1 aliphatic heterocycles. The van der Waals surface area contributed by atoms with Crippen molar-refractivity contribution in [2.24, 2.45) is 5.73 Å². The summed E-state index contributed by atoms with van der Waals surface area (Å²) in [5.74, 6) is -0.236. The lowest BCUT2D eigenvalue weighted by atomic mass is 10.1. The van der Waals surface area contributed by atoms with Crippen LogP contribution in [-0.4, -0.2) is 67.1 Å². The predicted octanol–water partition coefficient (Wildman–Crippen LogP) is 0.0100. The van der Waals surface area contributed by atoms with Gasteiger partial charge in [0.15, 0.2) is 0 Å². The largest absolute Gasteiger partial charge is 0.368 e. The fourth-order valence-electron chi connectivity index (χ4n) is 3.34. The quantitative estimate of drug-likeness (QED) is 0.712. The molecule has 0 aromatic heterocycles. The molecule has 1 saturated carbocycles. The normalized spacial score (nSPS) is 24.7. The van der Waals surface area contributed by atoms with Gasteiger partial charge in [0.1, 0.15) is 0 Å². The number of hydrogen-bond acceptors (Lipinski definition) is 4. The molecule has 1 amide bonds. The minimum atomic E-state index is -0.236. The lowest BCUT2D eigenvalue weighted by molar-refractivity contribution is -0.120. The number of nitrogens with two attached hydrogens (primary N) is 1. The second-order valence-corrected chi connectivity index (χ2v) is 5.79. The van der Waals surface area contributed by atoms with E-state index in [1.807, 2.05) is 6.92 Å². The van der Waals surface area contributed by atoms with E-state index in [4.69, 9.17) is 5.73 Å². The molecule has 2 aliphatic rings. The van der Waals surface area contributed by atoms with E-state index in [0.29, 0.717) is 0 Å². The number of carbonyl (C=O) groups excluding carboxylic acids is 1. The van der Waals surface area contributed by atoms with E-state index in [9.17, 15) is 4.79 Å². The smallest absolute Gasteiger partial charge is 0.235 e. The van der Waals surface area contributed by atoms with Crippen LogP contribution in [-0.2, 0) is 4.79 Å². The third-order valence-corrected chi connectivity index (χ3v) is 4.48. The molecule has 1 atom stereocenters. The van der Waals surface area contributed by atoms with Gasteiger partial charge in [-0.2, -0.15) is 0 Å². The lowest BCUT2D eigenvalue weighted by Crippen LogP contribution is -2.55. The van der Waals surface area contributed by atoms with Crippen molar-refractivity contribution in [1.82, 2.24) is 15.1 Å². The van der Waals surface area contributed by atoms with E-state index in [2.05, 4.69) is 15.1 Å². The van der Waals surface area contributed by atoms with E-state index >= 15 is 0 Å². The van der Waals surface area contributed by atoms with Gasteiger partial charge in [0, 0.05) is 38.8 Å². The van der Waals surface area contributed by atoms with Crippen molar-refractivity contribution in [3.05, 3.63) is 0 Å². The van der Waals surface area contributed by atoms with Crippen molar-refractivity contribution in [3.63, 3.8) is 0 Å². The highest BCUT2D eigenvalue weighted by Gasteiger charge is 2.27. The van der Waals surface area contributed by atoms with Crippen molar-refractivity contribution in [1.29, 1.82) is 0 Å². The molecule has 2 rings (SSSR count). The van der Waals surface area contributed by atoms with Crippen molar-refractivity contribution < 1.29 is 4.79 Å². The summed E-state index contributed by atoms with van der Waals surface area (Å²) in [6.45, 7) is 7.95. The summed E-state index contributed by atoms with van der Waals surface area (Å²) in [7, 11) is 0. The zero-order valence-corrected chi connectivity index (χ0v) is 12.1. The lowest BCUT2D eigenvalue weighted by Gasteiger charge is -2.39. The number of nitrogens with one attached hydrogen (secondary N) is 1. The van der Waals surface area contributed by atoms with Crippen LogP contribution in [0, 0.1) is 0 Å².